The standard InChI is InChI=1S/C17H17F3N2O2/c18-17(19,20)5-3-12(21)10-23-13-1-2-15-14-4-6-22-8-11(14)9-24-16(15)7-13/h1-2,4,6-8,12H,3,5,9-10,21H2. The summed E-state index contributed by atoms with van der Waals surface area (Å²) in [4.78, 5) is 4.07. The average Bonchev–Trinajstić information content (AvgIpc) is 2.57. The van der Waals surface area contributed by atoms with Crippen molar-refractivity contribution in [3.8, 4) is 22.6 Å². The Labute approximate surface area is 137 Å². The van der Waals surface area contributed by atoms with Crippen LogP contribution in [0.25, 0.3) is 11.1 Å². The highest BCUT2D eigenvalue weighted by Gasteiger charge is 2.27. The monoisotopic (exact) mass is 338 g/mol. The van der Waals surface area contributed by atoms with Crippen molar-refractivity contribution in [2.24, 2.45) is 5.73 Å². The smallest absolute Gasteiger partial charge is 0.389 e. The SMILES string of the molecule is NC(CCC(F)(F)F)COc1ccc2c(c1)OCc1cnccc1-2. The first-order valence-electron chi connectivity index (χ1n) is 7.57. The molecule has 2 aromatic rings. The van der Waals surface area contributed by atoms with Crippen molar-refractivity contribution >= 4 is 0 Å². The molecule has 1 aromatic heterocycles. The molecule has 0 saturated heterocycles. The fourth-order valence-electron chi connectivity index (χ4n) is 2.53. The topological polar surface area (TPSA) is 57.4 Å². The highest BCUT2D eigenvalue weighted by atomic mass is 19.4. The number of nitrogens with two attached hydrogens (primary N) is 1. The molecule has 1 aliphatic heterocycles. The summed E-state index contributed by atoms with van der Waals surface area (Å²) in [5, 5.41) is 0. The van der Waals surface area contributed by atoms with E-state index >= 15 is 0 Å². The Morgan fingerprint density at radius 3 is 2.88 bits per heavy atom. The van der Waals surface area contributed by atoms with Gasteiger partial charge in [-0.25, -0.2) is 0 Å². The van der Waals surface area contributed by atoms with Gasteiger partial charge in [-0.1, -0.05) is 0 Å². The molecule has 3 rings (SSSR count). The van der Waals surface area contributed by atoms with Gasteiger partial charge >= 0.3 is 6.18 Å². The lowest BCUT2D eigenvalue weighted by Crippen LogP contribution is -2.29. The first-order chi connectivity index (χ1) is 11.4. The molecule has 1 aliphatic rings. The number of nitrogens with zero attached hydrogens (tertiary/aromatic N) is 1. The van der Waals surface area contributed by atoms with Gasteiger partial charge in [0.25, 0.3) is 0 Å². The normalized spacial score (nSPS) is 14.3. The summed E-state index contributed by atoms with van der Waals surface area (Å²) in [6.07, 6.45) is -1.78. The molecular weight excluding hydrogens is 321 g/mol. The molecule has 1 atom stereocenters. The molecule has 0 aliphatic carbocycles. The predicted octanol–water partition coefficient (Wildman–Crippen LogP) is 3.69. The Kier molecular flexibility index (Phi) is 4.62. The Morgan fingerprint density at radius 1 is 1.25 bits per heavy atom. The summed E-state index contributed by atoms with van der Waals surface area (Å²) in [5.41, 5.74) is 8.67. The molecule has 0 spiro atoms. The van der Waals surface area contributed by atoms with Crippen LogP contribution < -0.4 is 15.2 Å². The summed E-state index contributed by atoms with van der Waals surface area (Å²) in [6, 6.07) is 6.60. The van der Waals surface area contributed by atoms with Gasteiger partial charge in [0.2, 0.25) is 0 Å². The first-order valence-corrected chi connectivity index (χ1v) is 7.57. The van der Waals surface area contributed by atoms with Crippen molar-refractivity contribution in [1.29, 1.82) is 0 Å². The van der Waals surface area contributed by atoms with E-state index in [4.69, 9.17) is 15.2 Å². The maximum absolute atomic E-state index is 12.2. The maximum Gasteiger partial charge on any atom is 0.389 e. The lowest BCUT2D eigenvalue weighted by molar-refractivity contribution is -0.136. The molecule has 2 N–H and O–H groups in total. The summed E-state index contributed by atoms with van der Waals surface area (Å²) in [6.45, 7) is 0.445. The van der Waals surface area contributed by atoms with Gasteiger partial charge < -0.3 is 15.2 Å². The van der Waals surface area contributed by atoms with Gasteiger partial charge in [0.15, 0.2) is 0 Å². The largest absolute Gasteiger partial charge is 0.492 e. The van der Waals surface area contributed by atoms with Crippen LogP contribution in [0.3, 0.4) is 0 Å². The molecule has 1 unspecified atom stereocenters. The quantitative estimate of drug-likeness (QED) is 0.903. The number of fused-ring (bicyclic) bond motifs is 3. The second kappa shape index (κ2) is 6.68. The molecule has 0 bridgehead atoms. The number of hydrogen-bond acceptors (Lipinski definition) is 4. The highest BCUT2D eigenvalue weighted by molar-refractivity contribution is 5.75. The Hall–Kier alpha value is -2.28. The molecule has 0 radical (unpaired) electrons. The molecule has 128 valence electrons. The molecule has 0 saturated carbocycles. The zero-order chi connectivity index (χ0) is 17.2. The summed E-state index contributed by atoms with van der Waals surface area (Å²) < 4.78 is 47.7. The number of rotatable bonds is 5. The minimum atomic E-state index is -4.19. The van der Waals surface area contributed by atoms with Crippen molar-refractivity contribution in [1.82, 2.24) is 4.98 Å². The minimum Gasteiger partial charge on any atom is -0.492 e. The van der Waals surface area contributed by atoms with Crippen molar-refractivity contribution in [3.05, 3.63) is 42.2 Å². The van der Waals surface area contributed by atoms with Crippen LogP contribution in [-0.4, -0.2) is 23.8 Å². The van der Waals surface area contributed by atoms with E-state index in [2.05, 4.69) is 4.98 Å². The van der Waals surface area contributed by atoms with E-state index in [1.54, 1.807) is 24.5 Å². The van der Waals surface area contributed by atoms with Crippen molar-refractivity contribution in [3.63, 3.8) is 0 Å². The molecule has 7 heteroatoms. The lowest BCUT2D eigenvalue weighted by atomic mass is 9.99. The third-order valence-corrected chi connectivity index (χ3v) is 3.79. The average molecular weight is 338 g/mol. The summed E-state index contributed by atoms with van der Waals surface area (Å²) >= 11 is 0. The molecule has 24 heavy (non-hydrogen) atoms. The number of alkyl halides is 3. The fourth-order valence-corrected chi connectivity index (χ4v) is 2.53. The third-order valence-electron chi connectivity index (χ3n) is 3.79. The zero-order valence-corrected chi connectivity index (χ0v) is 12.8. The van der Waals surface area contributed by atoms with Crippen LogP contribution in [-0.2, 0) is 6.61 Å². The van der Waals surface area contributed by atoms with E-state index in [9.17, 15) is 13.2 Å². The summed E-state index contributed by atoms with van der Waals surface area (Å²) in [7, 11) is 0. The van der Waals surface area contributed by atoms with E-state index in [-0.39, 0.29) is 13.0 Å². The van der Waals surface area contributed by atoms with Gasteiger partial charge in [-0.2, -0.15) is 13.2 Å². The van der Waals surface area contributed by atoms with Crippen LogP contribution in [0, 0.1) is 0 Å². The van der Waals surface area contributed by atoms with Gasteiger partial charge in [-0.05, 0) is 30.2 Å². The fraction of sp³-hybridized carbons (Fsp3) is 0.353. The van der Waals surface area contributed by atoms with Crippen LogP contribution in [0.1, 0.15) is 18.4 Å². The Balaban J connectivity index is 1.63. The zero-order valence-electron chi connectivity index (χ0n) is 12.8. The van der Waals surface area contributed by atoms with E-state index in [1.165, 1.54) is 0 Å². The number of halogens is 3. The molecule has 2 heterocycles. The minimum absolute atomic E-state index is 0.0232. The van der Waals surface area contributed by atoms with Gasteiger partial charge in [-0.15, -0.1) is 0 Å². The Morgan fingerprint density at radius 2 is 2.08 bits per heavy atom. The van der Waals surface area contributed by atoms with E-state index in [1.807, 2.05) is 12.1 Å². The van der Waals surface area contributed by atoms with Crippen molar-refractivity contribution < 1.29 is 22.6 Å². The van der Waals surface area contributed by atoms with E-state index in [0.717, 1.165) is 16.7 Å². The van der Waals surface area contributed by atoms with Crippen LogP contribution in [0.5, 0.6) is 11.5 Å². The van der Waals surface area contributed by atoms with Crippen molar-refractivity contribution in [2.75, 3.05) is 6.61 Å². The molecule has 4 nitrogen and oxygen atoms in total. The van der Waals surface area contributed by atoms with Gasteiger partial charge in [0, 0.05) is 42.0 Å². The van der Waals surface area contributed by atoms with E-state index in [0.29, 0.717) is 18.1 Å². The van der Waals surface area contributed by atoms with Gasteiger partial charge in [0.05, 0.1) is 0 Å². The second-order valence-electron chi connectivity index (χ2n) is 5.70. The van der Waals surface area contributed by atoms with Crippen LogP contribution in [0.2, 0.25) is 0 Å². The maximum atomic E-state index is 12.2. The van der Waals surface area contributed by atoms with Crippen LogP contribution in [0.15, 0.2) is 36.7 Å². The number of benzene rings is 1. The predicted molar refractivity (Wildman–Crippen MR) is 82.8 cm³/mol. The van der Waals surface area contributed by atoms with Crippen LogP contribution >= 0.6 is 0 Å². The Bertz CT molecular complexity index is 719. The molecular formula is C17H17F3N2O2. The van der Waals surface area contributed by atoms with Crippen molar-refractivity contribution in [2.45, 2.75) is 31.7 Å². The lowest BCUT2D eigenvalue weighted by Gasteiger charge is -2.21. The van der Waals surface area contributed by atoms with Gasteiger partial charge in [0.1, 0.15) is 24.7 Å². The number of ether oxygens (including phenoxy) is 2. The highest BCUT2D eigenvalue weighted by Crippen LogP contribution is 2.39. The van der Waals surface area contributed by atoms with Gasteiger partial charge in [-0.3, -0.25) is 4.98 Å². The number of pyridine rings is 1. The summed E-state index contributed by atoms with van der Waals surface area (Å²) in [5.74, 6) is 1.20. The first kappa shape index (κ1) is 16.6. The molecule has 0 amide bonds. The molecule has 1 aromatic carbocycles. The number of aromatic nitrogens is 1. The number of hydrogen-bond donors (Lipinski definition) is 1. The second-order valence-corrected chi connectivity index (χ2v) is 5.70. The van der Waals surface area contributed by atoms with Crippen LogP contribution in [0.4, 0.5) is 13.2 Å². The van der Waals surface area contributed by atoms with E-state index < -0.39 is 18.6 Å². The molecule has 0 fully saturated rings. The third kappa shape index (κ3) is 3.97.